The zero-order chi connectivity index (χ0) is 12.8. The van der Waals surface area contributed by atoms with Gasteiger partial charge in [0.2, 0.25) is 0 Å². The number of ether oxygens (including phenoxy) is 1. The van der Waals surface area contributed by atoms with E-state index in [2.05, 4.69) is 16.8 Å². The average Bonchev–Trinajstić information content (AvgIpc) is 2.91. The molecule has 0 amide bonds. The lowest BCUT2D eigenvalue weighted by atomic mass is 9.81. The largest absolute Gasteiger partial charge is 0.465 e. The Morgan fingerprint density at radius 3 is 2.83 bits per heavy atom. The minimum atomic E-state index is -0.446. The van der Waals surface area contributed by atoms with Gasteiger partial charge in [-0.2, -0.15) is 0 Å². The zero-order valence-electron chi connectivity index (χ0n) is 10.9. The van der Waals surface area contributed by atoms with Gasteiger partial charge >= 0.3 is 5.97 Å². The van der Waals surface area contributed by atoms with Crippen LogP contribution in [-0.4, -0.2) is 18.1 Å². The fourth-order valence-corrected chi connectivity index (χ4v) is 3.19. The third-order valence-corrected chi connectivity index (χ3v) is 4.43. The van der Waals surface area contributed by atoms with E-state index in [4.69, 9.17) is 4.74 Å². The molecule has 1 aromatic heterocycles. The topological polar surface area (TPSA) is 38.3 Å². The zero-order valence-corrected chi connectivity index (χ0v) is 11.7. The minimum absolute atomic E-state index is 0.0683. The van der Waals surface area contributed by atoms with Crippen molar-refractivity contribution >= 4 is 17.3 Å². The summed E-state index contributed by atoms with van der Waals surface area (Å²) in [6.07, 6.45) is 5.24. The van der Waals surface area contributed by atoms with Crippen LogP contribution in [0.25, 0.3) is 0 Å². The first-order valence-electron chi connectivity index (χ1n) is 6.71. The molecule has 0 atom stereocenters. The quantitative estimate of drug-likeness (QED) is 0.833. The first-order valence-corrected chi connectivity index (χ1v) is 7.59. The van der Waals surface area contributed by atoms with Crippen molar-refractivity contribution in [2.24, 2.45) is 0 Å². The van der Waals surface area contributed by atoms with Gasteiger partial charge in [0.1, 0.15) is 5.54 Å². The van der Waals surface area contributed by atoms with E-state index in [1.807, 2.05) is 13.0 Å². The molecule has 100 valence electrons. The van der Waals surface area contributed by atoms with Gasteiger partial charge in [-0.1, -0.05) is 25.3 Å². The van der Waals surface area contributed by atoms with Crippen LogP contribution in [-0.2, 0) is 16.1 Å². The smallest absolute Gasteiger partial charge is 0.326 e. The van der Waals surface area contributed by atoms with Crippen LogP contribution in [0, 0.1) is 0 Å². The second-order valence-corrected chi connectivity index (χ2v) is 5.83. The molecule has 1 N–H and O–H groups in total. The third kappa shape index (κ3) is 3.12. The molecule has 0 spiro atoms. The van der Waals surface area contributed by atoms with E-state index < -0.39 is 5.54 Å². The Kier molecular flexibility index (Phi) is 4.78. The highest BCUT2D eigenvalue weighted by Gasteiger charge is 2.40. The van der Waals surface area contributed by atoms with E-state index in [1.54, 1.807) is 11.3 Å². The molecule has 18 heavy (non-hydrogen) atoms. The molecule has 0 bridgehead atoms. The second-order valence-electron chi connectivity index (χ2n) is 4.80. The van der Waals surface area contributed by atoms with Gasteiger partial charge in [-0.05, 0) is 31.2 Å². The number of nitrogens with one attached hydrogen (secondary N) is 1. The van der Waals surface area contributed by atoms with Crippen LogP contribution in [0.3, 0.4) is 0 Å². The maximum atomic E-state index is 12.2. The maximum Gasteiger partial charge on any atom is 0.326 e. The van der Waals surface area contributed by atoms with Crippen molar-refractivity contribution < 1.29 is 9.53 Å². The number of hydrogen-bond donors (Lipinski definition) is 1. The SMILES string of the molecule is CCOC(=O)C1(NCc2cccs2)CCCCC1. The summed E-state index contributed by atoms with van der Waals surface area (Å²) >= 11 is 1.72. The van der Waals surface area contributed by atoms with Crippen LogP contribution >= 0.6 is 11.3 Å². The predicted molar refractivity (Wildman–Crippen MR) is 73.6 cm³/mol. The number of esters is 1. The van der Waals surface area contributed by atoms with Crippen LogP contribution in [0.15, 0.2) is 17.5 Å². The van der Waals surface area contributed by atoms with Gasteiger partial charge in [0.05, 0.1) is 6.61 Å². The molecule has 0 saturated heterocycles. The molecule has 0 unspecified atom stereocenters. The Labute approximate surface area is 113 Å². The van der Waals surface area contributed by atoms with E-state index in [0.717, 1.165) is 32.2 Å². The summed E-state index contributed by atoms with van der Waals surface area (Å²) < 4.78 is 5.26. The molecule has 0 aliphatic heterocycles. The normalized spacial score (nSPS) is 18.5. The van der Waals surface area contributed by atoms with E-state index in [1.165, 1.54) is 11.3 Å². The van der Waals surface area contributed by atoms with Crippen molar-refractivity contribution in [1.29, 1.82) is 0 Å². The van der Waals surface area contributed by atoms with E-state index in [0.29, 0.717) is 6.61 Å². The van der Waals surface area contributed by atoms with Crippen molar-refractivity contribution in [2.75, 3.05) is 6.61 Å². The molecule has 1 aliphatic carbocycles. The minimum Gasteiger partial charge on any atom is -0.465 e. The van der Waals surface area contributed by atoms with Crippen LogP contribution in [0.5, 0.6) is 0 Å². The molecule has 0 aromatic carbocycles. The fraction of sp³-hybridized carbons (Fsp3) is 0.643. The Bertz CT molecular complexity index is 369. The summed E-state index contributed by atoms with van der Waals surface area (Å²) in [7, 11) is 0. The van der Waals surface area contributed by atoms with Crippen molar-refractivity contribution in [3.05, 3.63) is 22.4 Å². The molecule has 1 saturated carbocycles. The monoisotopic (exact) mass is 267 g/mol. The summed E-state index contributed by atoms with van der Waals surface area (Å²) in [6, 6.07) is 4.14. The van der Waals surface area contributed by atoms with Crippen LogP contribution in [0.4, 0.5) is 0 Å². The van der Waals surface area contributed by atoms with Crippen molar-refractivity contribution in [2.45, 2.75) is 51.1 Å². The van der Waals surface area contributed by atoms with Crippen molar-refractivity contribution in [3.8, 4) is 0 Å². The average molecular weight is 267 g/mol. The van der Waals surface area contributed by atoms with E-state index in [-0.39, 0.29) is 5.97 Å². The van der Waals surface area contributed by atoms with Gasteiger partial charge in [0, 0.05) is 11.4 Å². The maximum absolute atomic E-state index is 12.2. The number of thiophene rings is 1. The first-order chi connectivity index (χ1) is 8.77. The summed E-state index contributed by atoms with van der Waals surface area (Å²) in [4.78, 5) is 13.5. The van der Waals surface area contributed by atoms with Crippen LogP contribution in [0.1, 0.15) is 43.9 Å². The van der Waals surface area contributed by atoms with Gasteiger partial charge in [0.25, 0.3) is 0 Å². The molecular formula is C14H21NO2S. The summed E-state index contributed by atoms with van der Waals surface area (Å²) in [5, 5.41) is 5.52. The van der Waals surface area contributed by atoms with Gasteiger partial charge in [-0.25, -0.2) is 0 Å². The van der Waals surface area contributed by atoms with Crippen molar-refractivity contribution in [1.82, 2.24) is 5.32 Å². The molecule has 3 nitrogen and oxygen atoms in total. The fourth-order valence-electron chi connectivity index (χ4n) is 2.55. The van der Waals surface area contributed by atoms with E-state index in [9.17, 15) is 4.79 Å². The molecule has 0 radical (unpaired) electrons. The summed E-state index contributed by atoms with van der Waals surface area (Å²) in [6.45, 7) is 3.09. The highest BCUT2D eigenvalue weighted by Crippen LogP contribution is 2.30. The van der Waals surface area contributed by atoms with Gasteiger partial charge in [-0.15, -0.1) is 11.3 Å². The standard InChI is InChI=1S/C14H21NO2S/c1-2-17-13(16)14(8-4-3-5-9-14)15-11-12-7-6-10-18-12/h6-7,10,15H,2-5,8-9,11H2,1H3. The number of carbonyl (C=O) groups excluding carboxylic acids is 1. The van der Waals surface area contributed by atoms with E-state index >= 15 is 0 Å². The van der Waals surface area contributed by atoms with Crippen LogP contribution < -0.4 is 5.32 Å². The summed E-state index contributed by atoms with van der Waals surface area (Å²) in [5.41, 5.74) is -0.446. The Morgan fingerprint density at radius 2 is 2.22 bits per heavy atom. The number of carbonyl (C=O) groups is 1. The molecule has 2 rings (SSSR count). The molecule has 1 aromatic rings. The lowest BCUT2D eigenvalue weighted by Gasteiger charge is -2.35. The van der Waals surface area contributed by atoms with Gasteiger partial charge in [0.15, 0.2) is 0 Å². The summed E-state index contributed by atoms with van der Waals surface area (Å²) in [5.74, 6) is -0.0683. The predicted octanol–water partition coefficient (Wildman–Crippen LogP) is 3.10. The molecule has 4 heteroatoms. The molecule has 1 heterocycles. The Hall–Kier alpha value is -0.870. The molecule has 1 fully saturated rings. The molecule has 1 aliphatic rings. The van der Waals surface area contributed by atoms with Gasteiger partial charge in [-0.3, -0.25) is 10.1 Å². The Balaban J connectivity index is 2.01. The second kappa shape index (κ2) is 6.34. The Morgan fingerprint density at radius 1 is 1.44 bits per heavy atom. The molecular weight excluding hydrogens is 246 g/mol. The van der Waals surface area contributed by atoms with Crippen molar-refractivity contribution in [3.63, 3.8) is 0 Å². The highest BCUT2D eigenvalue weighted by molar-refractivity contribution is 7.09. The lowest BCUT2D eigenvalue weighted by Crippen LogP contribution is -2.53. The highest BCUT2D eigenvalue weighted by atomic mass is 32.1. The third-order valence-electron chi connectivity index (χ3n) is 3.55. The van der Waals surface area contributed by atoms with Gasteiger partial charge < -0.3 is 4.74 Å². The number of hydrogen-bond acceptors (Lipinski definition) is 4. The lowest BCUT2D eigenvalue weighted by molar-refractivity contribution is -0.153. The number of rotatable bonds is 5. The first kappa shape index (κ1) is 13.6. The van der Waals surface area contributed by atoms with Crippen LogP contribution in [0.2, 0.25) is 0 Å².